The van der Waals surface area contributed by atoms with Gasteiger partial charge in [-0.15, -0.1) is 0 Å². The summed E-state index contributed by atoms with van der Waals surface area (Å²) >= 11 is 1.60. The molecule has 0 saturated carbocycles. The molecule has 0 radical (unpaired) electrons. The van der Waals surface area contributed by atoms with Crippen LogP contribution in [0.15, 0.2) is 54.6 Å². The molecule has 0 spiro atoms. The molecule has 3 aromatic rings. The zero-order valence-electron chi connectivity index (χ0n) is 13.2. The number of hydrogen-bond donors (Lipinski definition) is 1. The molecular formula is C18H19N3OS. The molecule has 0 saturated heterocycles. The Balaban J connectivity index is 1.63. The predicted molar refractivity (Wildman–Crippen MR) is 95.9 cm³/mol. The van der Waals surface area contributed by atoms with Crippen molar-refractivity contribution in [3.8, 4) is 0 Å². The summed E-state index contributed by atoms with van der Waals surface area (Å²) in [5, 5.41) is 3.88. The van der Waals surface area contributed by atoms with Crippen molar-refractivity contribution in [3.05, 3.63) is 60.2 Å². The first kappa shape index (κ1) is 15.5. The predicted octanol–water partition coefficient (Wildman–Crippen LogP) is 3.61. The van der Waals surface area contributed by atoms with Gasteiger partial charge in [-0.2, -0.15) is 0 Å². The van der Waals surface area contributed by atoms with Gasteiger partial charge >= 0.3 is 0 Å². The molecule has 1 heterocycles. The first-order valence-electron chi connectivity index (χ1n) is 7.54. The molecule has 5 heteroatoms. The van der Waals surface area contributed by atoms with Gasteiger partial charge in [-0.3, -0.25) is 4.79 Å². The SMILES string of the molecule is CC(NC(=O)CN(C)c1nc2ccccc2s1)c1ccccc1. The number of para-hydroxylation sites is 1. The number of rotatable bonds is 5. The second-order valence-electron chi connectivity index (χ2n) is 5.52. The van der Waals surface area contributed by atoms with Crippen molar-refractivity contribution in [1.82, 2.24) is 10.3 Å². The van der Waals surface area contributed by atoms with Crippen LogP contribution in [0.1, 0.15) is 18.5 Å². The molecule has 3 rings (SSSR count). The molecular weight excluding hydrogens is 306 g/mol. The van der Waals surface area contributed by atoms with Gasteiger partial charge in [0.1, 0.15) is 0 Å². The van der Waals surface area contributed by atoms with Crippen LogP contribution in [0, 0.1) is 0 Å². The fourth-order valence-corrected chi connectivity index (χ4v) is 3.34. The summed E-state index contributed by atoms with van der Waals surface area (Å²) in [7, 11) is 1.89. The monoisotopic (exact) mass is 325 g/mol. The van der Waals surface area contributed by atoms with E-state index in [4.69, 9.17) is 0 Å². The number of nitrogens with zero attached hydrogens (tertiary/aromatic N) is 2. The van der Waals surface area contributed by atoms with Crippen LogP contribution in [-0.4, -0.2) is 24.5 Å². The number of nitrogens with one attached hydrogen (secondary N) is 1. The van der Waals surface area contributed by atoms with Crippen molar-refractivity contribution >= 4 is 32.6 Å². The van der Waals surface area contributed by atoms with Crippen molar-refractivity contribution in [2.45, 2.75) is 13.0 Å². The van der Waals surface area contributed by atoms with Crippen LogP contribution in [0.2, 0.25) is 0 Å². The van der Waals surface area contributed by atoms with Crippen LogP contribution in [0.3, 0.4) is 0 Å². The molecule has 1 aromatic heterocycles. The van der Waals surface area contributed by atoms with E-state index in [1.807, 2.05) is 73.5 Å². The molecule has 1 atom stereocenters. The minimum atomic E-state index is -0.0110. The molecule has 0 aliphatic rings. The number of thiazole rings is 1. The normalized spacial score (nSPS) is 12.1. The van der Waals surface area contributed by atoms with Crippen LogP contribution >= 0.6 is 11.3 Å². The lowest BCUT2D eigenvalue weighted by Crippen LogP contribution is -2.36. The van der Waals surface area contributed by atoms with E-state index in [9.17, 15) is 4.79 Å². The molecule has 0 aliphatic carbocycles. The van der Waals surface area contributed by atoms with Gasteiger partial charge in [-0.05, 0) is 24.6 Å². The number of carbonyl (C=O) groups excluding carboxylic acids is 1. The number of amides is 1. The van der Waals surface area contributed by atoms with Crippen LogP contribution in [-0.2, 0) is 4.79 Å². The third-order valence-corrected chi connectivity index (χ3v) is 4.82. The largest absolute Gasteiger partial charge is 0.348 e. The number of benzene rings is 2. The second kappa shape index (κ2) is 6.79. The molecule has 23 heavy (non-hydrogen) atoms. The highest BCUT2D eigenvalue weighted by molar-refractivity contribution is 7.22. The Kier molecular flexibility index (Phi) is 4.57. The number of aromatic nitrogens is 1. The topological polar surface area (TPSA) is 45.2 Å². The quantitative estimate of drug-likeness (QED) is 0.779. The van der Waals surface area contributed by atoms with Gasteiger partial charge in [0.05, 0.1) is 22.8 Å². The maximum absolute atomic E-state index is 12.2. The van der Waals surface area contributed by atoms with E-state index in [1.165, 1.54) is 0 Å². The summed E-state index contributed by atoms with van der Waals surface area (Å²) in [6, 6.07) is 18.0. The average Bonchev–Trinajstić information content (AvgIpc) is 2.99. The lowest BCUT2D eigenvalue weighted by atomic mass is 10.1. The third kappa shape index (κ3) is 3.68. The van der Waals surface area contributed by atoms with E-state index in [2.05, 4.69) is 10.3 Å². The molecule has 0 aliphatic heterocycles. The minimum absolute atomic E-state index is 0.00697. The average molecular weight is 325 g/mol. The van der Waals surface area contributed by atoms with Crippen LogP contribution in [0.4, 0.5) is 5.13 Å². The summed E-state index contributed by atoms with van der Waals surface area (Å²) in [5.41, 5.74) is 2.07. The maximum Gasteiger partial charge on any atom is 0.240 e. The number of hydrogen-bond acceptors (Lipinski definition) is 4. The summed E-state index contributed by atoms with van der Waals surface area (Å²) in [5.74, 6) is -0.0110. The molecule has 4 nitrogen and oxygen atoms in total. The Labute approximate surface area is 139 Å². The van der Waals surface area contributed by atoms with Crippen LogP contribution < -0.4 is 10.2 Å². The highest BCUT2D eigenvalue weighted by Gasteiger charge is 2.14. The molecule has 1 N–H and O–H groups in total. The molecule has 1 unspecified atom stereocenters. The number of carbonyl (C=O) groups is 1. The van der Waals surface area contributed by atoms with Crippen LogP contribution in [0.5, 0.6) is 0 Å². The van der Waals surface area contributed by atoms with Crippen molar-refractivity contribution in [2.24, 2.45) is 0 Å². The Morgan fingerprint density at radius 1 is 1.17 bits per heavy atom. The van der Waals surface area contributed by atoms with E-state index < -0.39 is 0 Å². The fraction of sp³-hybridized carbons (Fsp3) is 0.222. The van der Waals surface area contributed by atoms with Gasteiger partial charge in [-0.1, -0.05) is 53.8 Å². The van der Waals surface area contributed by atoms with Gasteiger partial charge in [0.25, 0.3) is 0 Å². The molecule has 118 valence electrons. The smallest absolute Gasteiger partial charge is 0.240 e. The second-order valence-corrected chi connectivity index (χ2v) is 6.53. The Morgan fingerprint density at radius 2 is 1.87 bits per heavy atom. The van der Waals surface area contributed by atoms with Gasteiger partial charge in [-0.25, -0.2) is 4.98 Å². The minimum Gasteiger partial charge on any atom is -0.348 e. The highest BCUT2D eigenvalue weighted by Crippen LogP contribution is 2.27. The van der Waals surface area contributed by atoms with Gasteiger partial charge in [0.15, 0.2) is 5.13 Å². The molecule has 0 fully saturated rings. The first-order valence-corrected chi connectivity index (χ1v) is 8.36. The van der Waals surface area contributed by atoms with Crippen molar-refractivity contribution in [2.75, 3.05) is 18.5 Å². The fourth-order valence-electron chi connectivity index (χ4n) is 2.42. The lowest BCUT2D eigenvalue weighted by molar-refractivity contribution is -0.120. The molecule has 0 bridgehead atoms. The molecule has 2 aromatic carbocycles. The number of fused-ring (bicyclic) bond motifs is 1. The summed E-state index contributed by atoms with van der Waals surface area (Å²) in [6.07, 6.45) is 0. The van der Waals surface area contributed by atoms with E-state index >= 15 is 0 Å². The first-order chi connectivity index (χ1) is 11.1. The summed E-state index contributed by atoms with van der Waals surface area (Å²) in [6.45, 7) is 2.28. The van der Waals surface area contributed by atoms with Gasteiger partial charge < -0.3 is 10.2 Å². The Morgan fingerprint density at radius 3 is 2.61 bits per heavy atom. The van der Waals surface area contributed by atoms with E-state index in [1.54, 1.807) is 11.3 Å². The van der Waals surface area contributed by atoms with Gasteiger partial charge in [0, 0.05) is 7.05 Å². The maximum atomic E-state index is 12.2. The Hall–Kier alpha value is -2.40. The lowest BCUT2D eigenvalue weighted by Gasteiger charge is -2.18. The van der Waals surface area contributed by atoms with Crippen molar-refractivity contribution in [1.29, 1.82) is 0 Å². The molecule has 1 amide bonds. The van der Waals surface area contributed by atoms with E-state index in [0.717, 1.165) is 20.9 Å². The standard InChI is InChI=1S/C18H19N3OS/c1-13(14-8-4-3-5-9-14)19-17(22)12-21(2)18-20-15-10-6-7-11-16(15)23-18/h3-11,13H,12H2,1-2H3,(H,19,22). The highest BCUT2D eigenvalue weighted by atomic mass is 32.1. The number of anilines is 1. The van der Waals surface area contributed by atoms with E-state index in [-0.39, 0.29) is 18.5 Å². The van der Waals surface area contributed by atoms with Crippen molar-refractivity contribution < 1.29 is 4.79 Å². The van der Waals surface area contributed by atoms with E-state index in [0.29, 0.717) is 0 Å². The summed E-state index contributed by atoms with van der Waals surface area (Å²) < 4.78 is 1.13. The number of likely N-dealkylation sites (N-methyl/N-ethyl adjacent to an activating group) is 1. The zero-order chi connectivity index (χ0) is 16.2. The zero-order valence-corrected chi connectivity index (χ0v) is 14.0. The third-order valence-electron chi connectivity index (χ3n) is 3.67. The summed E-state index contributed by atoms with van der Waals surface area (Å²) in [4.78, 5) is 18.7. The van der Waals surface area contributed by atoms with Crippen LogP contribution in [0.25, 0.3) is 10.2 Å². The van der Waals surface area contributed by atoms with Crippen molar-refractivity contribution in [3.63, 3.8) is 0 Å². The van der Waals surface area contributed by atoms with Gasteiger partial charge in [0.2, 0.25) is 5.91 Å². The Bertz CT molecular complexity index is 767.